The lowest BCUT2D eigenvalue weighted by Crippen LogP contribution is -2.19. The van der Waals surface area contributed by atoms with Gasteiger partial charge in [0, 0.05) is 13.2 Å². The molecule has 3 aromatic rings. The van der Waals surface area contributed by atoms with Crippen molar-refractivity contribution in [1.29, 1.82) is 5.26 Å². The molecule has 1 aliphatic carbocycles. The number of pyridine rings is 1. The first-order chi connectivity index (χ1) is 11.7. The van der Waals surface area contributed by atoms with Gasteiger partial charge in [-0.1, -0.05) is 12.1 Å². The van der Waals surface area contributed by atoms with Crippen LogP contribution in [0.25, 0.3) is 16.7 Å². The van der Waals surface area contributed by atoms with Crippen LogP contribution in [0.3, 0.4) is 0 Å². The van der Waals surface area contributed by atoms with Gasteiger partial charge in [0.2, 0.25) is 0 Å². The number of nitrogens with zero attached hydrogens (tertiary/aromatic N) is 3. The van der Waals surface area contributed by atoms with Gasteiger partial charge >= 0.3 is 0 Å². The van der Waals surface area contributed by atoms with Crippen LogP contribution in [0.15, 0.2) is 30.3 Å². The van der Waals surface area contributed by atoms with E-state index >= 15 is 0 Å². The number of rotatable bonds is 3. The molecule has 0 amide bonds. The predicted octanol–water partition coefficient (Wildman–Crippen LogP) is 3.65. The Morgan fingerprint density at radius 1 is 1.33 bits per heavy atom. The summed E-state index contributed by atoms with van der Waals surface area (Å²) in [5.41, 5.74) is 4.24. The molecular formula is C19H20N4O. The van der Waals surface area contributed by atoms with Crippen molar-refractivity contribution in [3.05, 3.63) is 41.5 Å². The maximum Gasteiger partial charge on any atom is 0.157 e. The number of aromatic nitrogens is 2. The lowest BCUT2D eigenvalue weighted by molar-refractivity contribution is 0.108. The third-order valence-electron chi connectivity index (χ3n) is 4.95. The van der Waals surface area contributed by atoms with E-state index in [0.29, 0.717) is 17.7 Å². The van der Waals surface area contributed by atoms with Crippen LogP contribution in [0, 0.1) is 18.3 Å². The number of nitriles is 1. The summed E-state index contributed by atoms with van der Waals surface area (Å²) in [6.07, 6.45) is 3.50. The van der Waals surface area contributed by atoms with E-state index in [2.05, 4.69) is 26.8 Å². The molecule has 2 unspecified atom stereocenters. The first kappa shape index (κ1) is 15.0. The maximum absolute atomic E-state index is 9.54. The number of para-hydroxylation sites is 2. The van der Waals surface area contributed by atoms with Crippen molar-refractivity contribution in [1.82, 2.24) is 9.38 Å². The first-order valence-electron chi connectivity index (χ1n) is 8.31. The molecule has 4 rings (SSSR count). The summed E-state index contributed by atoms with van der Waals surface area (Å²) >= 11 is 0. The number of fused-ring (bicyclic) bond motifs is 3. The van der Waals surface area contributed by atoms with Gasteiger partial charge in [-0.2, -0.15) is 5.26 Å². The van der Waals surface area contributed by atoms with Gasteiger partial charge in [-0.05, 0) is 49.9 Å². The molecule has 0 radical (unpaired) electrons. The molecule has 1 fully saturated rings. The Labute approximate surface area is 140 Å². The van der Waals surface area contributed by atoms with Crippen LogP contribution in [0.2, 0.25) is 0 Å². The number of nitrogens with one attached hydrogen (secondary N) is 1. The summed E-state index contributed by atoms with van der Waals surface area (Å²) in [6.45, 7) is 1.97. The second-order valence-electron chi connectivity index (χ2n) is 6.47. The fraction of sp³-hybridized carbons (Fsp3) is 0.368. The van der Waals surface area contributed by atoms with E-state index < -0.39 is 0 Å². The Morgan fingerprint density at radius 3 is 2.92 bits per heavy atom. The standard InChI is InChI=1S/C19H20N4O/c1-12-9-18(21-13-7-8-14(10-13)24-2)23-17-6-4-3-5-16(17)22-19(23)15(12)11-20/h3-6,9,13-14,21H,7-8,10H2,1-2H3. The topological polar surface area (TPSA) is 62.3 Å². The average Bonchev–Trinajstić information content (AvgIpc) is 3.19. The Bertz CT molecular complexity index is 953. The molecule has 1 saturated carbocycles. The molecule has 2 aromatic heterocycles. The molecule has 5 heteroatoms. The van der Waals surface area contributed by atoms with Gasteiger partial charge < -0.3 is 10.1 Å². The largest absolute Gasteiger partial charge is 0.381 e. The molecule has 0 bridgehead atoms. The minimum Gasteiger partial charge on any atom is -0.381 e. The predicted molar refractivity (Wildman–Crippen MR) is 94.2 cm³/mol. The van der Waals surface area contributed by atoms with Gasteiger partial charge in [0.05, 0.1) is 22.7 Å². The summed E-state index contributed by atoms with van der Waals surface area (Å²) in [5.74, 6) is 0.997. The number of benzene rings is 1. The Morgan fingerprint density at radius 2 is 2.17 bits per heavy atom. The van der Waals surface area contributed by atoms with Crippen LogP contribution in [-0.2, 0) is 4.74 Å². The smallest absolute Gasteiger partial charge is 0.157 e. The molecule has 5 nitrogen and oxygen atoms in total. The SMILES string of the molecule is COC1CCC(Nc2cc(C)c(C#N)c3nc4ccccc4n23)C1. The summed E-state index contributed by atoms with van der Waals surface area (Å²) in [6, 6.07) is 12.7. The minimum absolute atomic E-state index is 0.331. The third kappa shape index (κ3) is 2.31. The number of imidazole rings is 1. The number of ether oxygens (including phenoxy) is 1. The minimum atomic E-state index is 0.331. The van der Waals surface area contributed by atoms with E-state index in [9.17, 15) is 5.26 Å². The highest BCUT2D eigenvalue weighted by atomic mass is 16.5. The van der Waals surface area contributed by atoms with Crippen molar-refractivity contribution < 1.29 is 4.74 Å². The Hall–Kier alpha value is -2.58. The van der Waals surface area contributed by atoms with Crippen molar-refractivity contribution in [3.63, 3.8) is 0 Å². The summed E-state index contributed by atoms with van der Waals surface area (Å²) in [7, 11) is 1.78. The van der Waals surface area contributed by atoms with Crippen LogP contribution in [0.4, 0.5) is 5.82 Å². The highest BCUT2D eigenvalue weighted by Crippen LogP contribution is 2.30. The highest BCUT2D eigenvalue weighted by Gasteiger charge is 2.25. The summed E-state index contributed by atoms with van der Waals surface area (Å²) < 4.78 is 7.55. The number of hydrogen-bond acceptors (Lipinski definition) is 4. The van der Waals surface area contributed by atoms with E-state index in [1.54, 1.807) is 7.11 Å². The second-order valence-corrected chi connectivity index (χ2v) is 6.47. The van der Waals surface area contributed by atoms with Crippen LogP contribution in [0.5, 0.6) is 0 Å². The van der Waals surface area contributed by atoms with E-state index in [1.165, 1.54) is 0 Å². The van der Waals surface area contributed by atoms with Crippen molar-refractivity contribution >= 4 is 22.5 Å². The molecule has 1 N–H and O–H groups in total. The number of anilines is 1. The van der Waals surface area contributed by atoms with Gasteiger partial charge in [0.15, 0.2) is 5.65 Å². The van der Waals surface area contributed by atoms with Gasteiger partial charge in [0.1, 0.15) is 11.9 Å². The Kier molecular flexibility index (Phi) is 3.62. The zero-order chi connectivity index (χ0) is 16.7. The Balaban J connectivity index is 1.87. The molecule has 2 atom stereocenters. The zero-order valence-electron chi connectivity index (χ0n) is 13.9. The van der Waals surface area contributed by atoms with E-state index in [0.717, 1.165) is 47.3 Å². The normalized spacial score (nSPS) is 20.5. The average molecular weight is 320 g/mol. The van der Waals surface area contributed by atoms with Gasteiger partial charge in [0.25, 0.3) is 0 Å². The second kappa shape index (κ2) is 5.81. The molecular weight excluding hydrogens is 300 g/mol. The van der Waals surface area contributed by atoms with Crippen molar-refractivity contribution in [2.24, 2.45) is 0 Å². The fourth-order valence-electron chi connectivity index (χ4n) is 3.69. The van der Waals surface area contributed by atoms with E-state index in [4.69, 9.17) is 4.74 Å². The zero-order valence-corrected chi connectivity index (χ0v) is 13.9. The summed E-state index contributed by atoms with van der Waals surface area (Å²) in [4.78, 5) is 4.69. The molecule has 0 saturated heterocycles. The van der Waals surface area contributed by atoms with E-state index in [-0.39, 0.29) is 0 Å². The van der Waals surface area contributed by atoms with E-state index in [1.807, 2.05) is 31.2 Å². The quantitative estimate of drug-likeness (QED) is 0.800. The van der Waals surface area contributed by atoms with Crippen molar-refractivity contribution in [3.8, 4) is 6.07 Å². The molecule has 2 heterocycles. The lowest BCUT2D eigenvalue weighted by atomic mass is 10.1. The van der Waals surface area contributed by atoms with Gasteiger partial charge in [-0.15, -0.1) is 0 Å². The van der Waals surface area contributed by atoms with Crippen molar-refractivity contribution in [2.45, 2.75) is 38.3 Å². The summed E-state index contributed by atoms with van der Waals surface area (Å²) in [5, 5.41) is 13.2. The van der Waals surface area contributed by atoms with Crippen LogP contribution in [-0.4, -0.2) is 28.6 Å². The number of methoxy groups -OCH3 is 1. The van der Waals surface area contributed by atoms with Crippen LogP contribution >= 0.6 is 0 Å². The van der Waals surface area contributed by atoms with Crippen molar-refractivity contribution in [2.75, 3.05) is 12.4 Å². The van der Waals surface area contributed by atoms with Crippen LogP contribution in [0.1, 0.15) is 30.4 Å². The molecule has 0 spiro atoms. The van der Waals surface area contributed by atoms with Gasteiger partial charge in [-0.3, -0.25) is 4.40 Å². The lowest BCUT2D eigenvalue weighted by Gasteiger charge is -2.17. The molecule has 1 aliphatic rings. The highest BCUT2D eigenvalue weighted by molar-refractivity contribution is 5.85. The third-order valence-corrected chi connectivity index (χ3v) is 4.95. The molecule has 0 aliphatic heterocycles. The molecule has 122 valence electrons. The fourth-order valence-corrected chi connectivity index (χ4v) is 3.69. The molecule has 24 heavy (non-hydrogen) atoms. The first-order valence-corrected chi connectivity index (χ1v) is 8.31. The number of hydrogen-bond donors (Lipinski definition) is 1. The van der Waals surface area contributed by atoms with Crippen LogP contribution < -0.4 is 5.32 Å². The monoisotopic (exact) mass is 320 g/mol. The number of aryl methyl sites for hydroxylation is 1. The maximum atomic E-state index is 9.54. The van der Waals surface area contributed by atoms with Gasteiger partial charge in [-0.25, -0.2) is 4.98 Å². The molecule has 1 aromatic carbocycles.